The molecule has 0 radical (unpaired) electrons. The maximum atomic E-state index is 12.2. The monoisotopic (exact) mass is 345 g/mol. The second kappa shape index (κ2) is 6.74. The van der Waals surface area contributed by atoms with Crippen LogP contribution in [0.2, 0.25) is 0 Å². The van der Waals surface area contributed by atoms with Gasteiger partial charge in [-0.1, -0.05) is 12.1 Å². The van der Waals surface area contributed by atoms with E-state index in [0.29, 0.717) is 31.1 Å². The van der Waals surface area contributed by atoms with Crippen molar-refractivity contribution in [2.45, 2.75) is 38.8 Å². The van der Waals surface area contributed by atoms with Gasteiger partial charge in [0.15, 0.2) is 0 Å². The van der Waals surface area contributed by atoms with Crippen LogP contribution in [0.4, 0.5) is 4.79 Å². The molecule has 1 unspecified atom stereocenters. The van der Waals surface area contributed by atoms with Gasteiger partial charge in [0.1, 0.15) is 0 Å². The summed E-state index contributed by atoms with van der Waals surface area (Å²) < 4.78 is 0. The molecule has 3 amide bonds. The molecule has 1 aliphatic heterocycles. The van der Waals surface area contributed by atoms with Crippen molar-refractivity contribution in [2.24, 2.45) is 5.41 Å². The van der Waals surface area contributed by atoms with Crippen molar-refractivity contribution in [1.29, 1.82) is 0 Å². The minimum atomic E-state index is -0.878. The Morgan fingerprint density at radius 1 is 1.32 bits per heavy atom. The summed E-state index contributed by atoms with van der Waals surface area (Å²) in [6.45, 7) is 2.59. The lowest BCUT2D eigenvalue weighted by Crippen LogP contribution is -2.40. The molecule has 2 aliphatic rings. The maximum Gasteiger partial charge on any atom is 0.317 e. The molecule has 2 fully saturated rings. The minimum absolute atomic E-state index is 0.0903. The molecule has 1 atom stereocenters. The highest BCUT2D eigenvalue weighted by atomic mass is 16.4. The molecule has 1 saturated carbocycles. The Bertz CT molecular complexity index is 701. The Morgan fingerprint density at radius 3 is 2.72 bits per heavy atom. The summed E-state index contributed by atoms with van der Waals surface area (Å²) in [6, 6.07) is 7.18. The fourth-order valence-corrected chi connectivity index (χ4v) is 2.92. The number of carboxylic acids is 1. The average molecular weight is 345 g/mol. The summed E-state index contributed by atoms with van der Waals surface area (Å²) in [5.41, 5.74) is 0.535. The van der Waals surface area contributed by atoms with Crippen molar-refractivity contribution in [3.05, 3.63) is 35.4 Å². The Labute approximate surface area is 146 Å². The molecule has 3 rings (SSSR count). The largest absolute Gasteiger partial charge is 0.481 e. The van der Waals surface area contributed by atoms with E-state index in [0.717, 1.165) is 18.4 Å². The number of nitrogens with zero attached hydrogens (tertiary/aromatic N) is 1. The van der Waals surface area contributed by atoms with E-state index in [9.17, 15) is 19.5 Å². The third-order valence-corrected chi connectivity index (χ3v) is 4.82. The summed E-state index contributed by atoms with van der Waals surface area (Å²) in [5.74, 6) is -0.968. The number of likely N-dealkylation sites (tertiary alicyclic amines) is 1. The first-order valence-corrected chi connectivity index (χ1v) is 8.53. The molecule has 134 valence electrons. The van der Waals surface area contributed by atoms with Crippen molar-refractivity contribution < 1.29 is 19.5 Å². The molecule has 3 N–H and O–H groups in total. The lowest BCUT2D eigenvalue weighted by atomic mass is 9.90. The van der Waals surface area contributed by atoms with Crippen LogP contribution in [0.15, 0.2) is 24.3 Å². The zero-order valence-corrected chi connectivity index (χ0v) is 14.2. The summed E-state index contributed by atoms with van der Waals surface area (Å²) in [7, 11) is 0. The fraction of sp³-hybridized carbons (Fsp3) is 0.500. The molecule has 7 nitrogen and oxygen atoms in total. The normalized spacial score (nSPS) is 22.5. The molecule has 1 aliphatic carbocycles. The van der Waals surface area contributed by atoms with E-state index in [1.165, 1.54) is 4.90 Å². The van der Waals surface area contributed by atoms with Crippen LogP contribution in [0, 0.1) is 5.41 Å². The summed E-state index contributed by atoms with van der Waals surface area (Å²) in [5, 5.41) is 15.0. The molecule has 1 aromatic rings. The minimum Gasteiger partial charge on any atom is -0.481 e. The number of benzene rings is 1. The van der Waals surface area contributed by atoms with E-state index < -0.39 is 11.4 Å². The summed E-state index contributed by atoms with van der Waals surface area (Å²) >= 11 is 0. The van der Waals surface area contributed by atoms with Gasteiger partial charge in [-0.2, -0.15) is 0 Å². The average Bonchev–Trinajstić information content (AvgIpc) is 3.31. The van der Waals surface area contributed by atoms with Gasteiger partial charge in [-0.25, -0.2) is 4.79 Å². The van der Waals surface area contributed by atoms with E-state index >= 15 is 0 Å². The van der Waals surface area contributed by atoms with Crippen LogP contribution in [-0.4, -0.2) is 47.0 Å². The van der Waals surface area contributed by atoms with Crippen LogP contribution in [0.1, 0.15) is 42.1 Å². The molecule has 0 spiro atoms. The first-order chi connectivity index (χ1) is 11.9. The Kier molecular flexibility index (Phi) is 4.65. The molecule has 1 heterocycles. The predicted octanol–water partition coefficient (Wildman–Crippen LogP) is 1.58. The number of hydrogen-bond acceptors (Lipinski definition) is 3. The molecule has 0 aromatic heterocycles. The van der Waals surface area contributed by atoms with E-state index in [2.05, 4.69) is 10.6 Å². The van der Waals surface area contributed by atoms with Gasteiger partial charge in [0.2, 0.25) is 0 Å². The second-order valence-corrected chi connectivity index (χ2v) is 7.14. The molecule has 7 heteroatoms. The van der Waals surface area contributed by atoms with Gasteiger partial charge in [0, 0.05) is 31.2 Å². The maximum absolute atomic E-state index is 12.2. The van der Waals surface area contributed by atoms with Crippen LogP contribution in [0.25, 0.3) is 0 Å². The smallest absolute Gasteiger partial charge is 0.317 e. The molecule has 25 heavy (non-hydrogen) atoms. The van der Waals surface area contributed by atoms with Gasteiger partial charge >= 0.3 is 12.0 Å². The van der Waals surface area contributed by atoms with Crippen molar-refractivity contribution in [1.82, 2.24) is 15.5 Å². The van der Waals surface area contributed by atoms with Gasteiger partial charge in [-0.3, -0.25) is 9.59 Å². The fourth-order valence-electron chi connectivity index (χ4n) is 2.92. The number of carboxylic acid groups (broad SMARTS) is 1. The quantitative estimate of drug-likeness (QED) is 0.754. The third-order valence-electron chi connectivity index (χ3n) is 4.82. The van der Waals surface area contributed by atoms with Gasteiger partial charge in [0.25, 0.3) is 5.91 Å². The highest BCUT2D eigenvalue weighted by Crippen LogP contribution is 2.30. The van der Waals surface area contributed by atoms with Gasteiger partial charge < -0.3 is 20.6 Å². The number of hydrogen-bond donors (Lipinski definition) is 3. The number of carbonyl (C=O) groups is 3. The third kappa shape index (κ3) is 4.10. The number of nitrogens with one attached hydrogen (secondary N) is 2. The summed E-state index contributed by atoms with van der Waals surface area (Å²) in [4.78, 5) is 37.1. The topological polar surface area (TPSA) is 98.7 Å². The Hall–Kier alpha value is -2.57. The second-order valence-electron chi connectivity index (χ2n) is 7.14. The standard InChI is InChI=1S/C18H23N3O4/c1-18(16(23)24)7-8-21(11-18)17(25)19-10-12-3-2-4-13(9-12)15(22)20-14-5-6-14/h2-4,9,14H,5-8,10-11H2,1H3,(H,19,25)(H,20,22)(H,23,24). The van der Waals surface area contributed by atoms with Crippen LogP contribution < -0.4 is 10.6 Å². The molecular formula is C18H23N3O4. The zero-order valence-electron chi connectivity index (χ0n) is 14.2. The predicted molar refractivity (Wildman–Crippen MR) is 91.1 cm³/mol. The SMILES string of the molecule is CC1(C(=O)O)CCN(C(=O)NCc2cccc(C(=O)NC3CC3)c2)C1. The molecule has 1 saturated heterocycles. The Balaban J connectivity index is 1.54. The Morgan fingerprint density at radius 2 is 2.08 bits per heavy atom. The van der Waals surface area contributed by atoms with Crippen LogP contribution in [-0.2, 0) is 11.3 Å². The van der Waals surface area contributed by atoms with Gasteiger partial charge in [0.05, 0.1) is 5.41 Å². The molecule has 0 bridgehead atoms. The summed E-state index contributed by atoms with van der Waals surface area (Å²) in [6.07, 6.45) is 2.52. The highest BCUT2D eigenvalue weighted by molar-refractivity contribution is 5.94. The van der Waals surface area contributed by atoms with Gasteiger partial charge in [-0.15, -0.1) is 0 Å². The number of rotatable bonds is 5. The van der Waals surface area contributed by atoms with Crippen LogP contribution >= 0.6 is 0 Å². The van der Waals surface area contributed by atoms with Gasteiger partial charge in [-0.05, 0) is 43.9 Å². The lowest BCUT2D eigenvalue weighted by molar-refractivity contribution is -0.147. The highest BCUT2D eigenvalue weighted by Gasteiger charge is 2.42. The van der Waals surface area contributed by atoms with E-state index in [-0.39, 0.29) is 18.5 Å². The number of urea groups is 1. The molecular weight excluding hydrogens is 322 g/mol. The van der Waals surface area contributed by atoms with Crippen molar-refractivity contribution in [3.63, 3.8) is 0 Å². The number of amides is 3. The first-order valence-electron chi connectivity index (χ1n) is 8.53. The lowest BCUT2D eigenvalue weighted by Gasteiger charge is -2.20. The van der Waals surface area contributed by atoms with Crippen LogP contribution in [0.3, 0.4) is 0 Å². The van der Waals surface area contributed by atoms with E-state index in [1.807, 2.05) is 6.07 Å². The van der Waals surface area contributed by atoms with Crippen LogP contribution in [0.5, 0.6) is 0 Å². The van der Waals surface area contributed by atoms with E-state index in [4.69, 9.17) is 0 Å². The van der Waals surface area contributed by atoms with Crippen molar-refractivity contribution in [3.8, 4) is 0 Å². The molecule has 1 aromatic carbocycles. The number of aliphatic carboxylic acids is 1. The number of carbonyl (C=O) groups excluding carboxylic acids is 2. The zero-order chi connectivity index (χ0) is 18.0. The van der Waals surface area contributed by atoms with E-state index in [1.54, 1.807) is 25.1 Å². The first kappa shape index (κ1) is 17.3. The van der Waals surface area contributed by atoms with Crippen molar-refractivity contribution >= 4 is 17.9 Å². The van der Waals surface area contributed by atoms with Crippen molar-refractivity contribution in [2.75, 3.05) is 13.1 Å².